The SMILES string of the molecule is CC(=O)CCc1ccc(OCC(=O)NC2CCN(c3ccc(C(F)(F)F)cn3)CC2)cc1. The number of alkyl halides is 3. The van der Waals surface area contributed by atoms with Crippen molar-refractivity contribution in [3.8, 4) is 5.75 Å². The van der Waals surface area contributed by atoms with Gasteiger partial charge in [0.05, 0.1) is 5.56 Å². The number of ether oxygens (including phenoxy) is 1. The first-order valence-electron chi connectivity index (χ1n) is 10.5. The molecule has 32 heavy (non-hydrogen) atoms. The van der Waals surface area contributed by atoms with E-state index >= 15 is 0 Å². The number of nitrogens with one attached hydrogen (secondary N) is 1. The maximum Gasteiger partial charge on any atom is 0.417 e. The van der Waals surface area contributed by atoms with Crippen LogP contribution in [0, 0.1) is 0 Å². The lowest BCUT2D eigenvalue weighted by molar-refractivity contribution is -0.137. The Morgan fingerprint density at radius 3 is 2.38 bits per heavy atom. The van der Waals surface area contributed by atoms with E-state index < -0.39 is 11.7 Å². The highest BCUT2D eigenvalue weighted by Crippen LogP contribution is 2.29. The smallest absolute Gasteiger partial charge is 0.417 e. The number of anilines is 1. The van der Waals surface area contributed by atoms with E-state index in [1.54, 1.807) is 19.1 Å². The van der Waals surface area contributed by atoms with Gasteiger partial charge in [0.25, 0.3) is 5.91 Å². The van der Waals surface area contributed by atoms with Gasteiger partial charge in [0.2, 0.25) is 0 Å². The van der Waals surface area contributed by atoms with Crippen molar-refractivity contribution in [2.75, 3.05) is 24.6 Å². The Morgan fingerprint density at radius 2 is 1.81 bits per heavy atom. The van der Waals surface area contributed by atoms with Gasteiger partial charge >= 0.3 is 6.18 Å². The summed E-state index contributed by atoms with van der Waals surface area (Å²) >= 11 is 0. The van der Waals surface area contributed by atoms with Crippen LogP contribution < -0.4 is 15.0 Å². The zero-order valence-corrected chi connectivity index (χ0v) is 17.8. The van der Waals surface area contributed by atoms with Crippen LogP contribution in [-0.2, 0) is 22.2 Å². The van der Waals surface area contributed by atoms with Crippen molar-refractivity contribution in [1.82, 2.24) is 10.3 Å². The molecule has 9 heteroatoms. The molecule has 2 aromatic rings. The molecular weight excluding hydrogens is 423 g/mol. The molecule has 0 atom stereocenters. The van der Waals surface area contributed by atoms with Crippen molar-refractivity contribution < 1.29 is 27.5 Å². The molecule has 0 radical (unpaired) electrons. The molecule has 2 heterocycles. The maximum absolute atomic E-state index is 12.7. The molecule has 1 fully saturated rings. The minimum Gasteiger partial charge on any atom is -0.484 e. The van der Waals surface area contributed by atoms with Crippen LogP contribution in [-0.4, -0.2) is 42.4 Å². The van der Waals surface area contributed by atoms with Gasteiger partial charge in [-0.2, -0.15) is 13.2 Å². The van der Waals surface area contributed by atoms with E-state index in [2.05, 4.69) is 10.3 Å². The van der Waals surface area contributed by atoms with Crippen LogP contribution in [0.2, 0.25) is 0 Å². The second-order valence-electron chi connectivity index (χ2n) is 7.87. The van der Waals surface area contributed by atoms with Crippen molar-refractivity contribution in [3.63, 3.8) is 0 Å². The Balaban J connectivity index is 1.39. The highest BCUT2D eigenvalue weighted by atomic mass is 19.4. The van der Waals surface area contributed by atoms with Crippen LogP contribution >= 0.6 is 0 Å². The zero-order valence-electron chi connectivity index (χ0n) is 17.8. The number of rotatable bonds is 8. The molecule has 0 bridgehead atoms. The van der Waals surface area contributed by atoms with Gasteiger partial charge in [0.1, 0.15) is 17.4 Å². The summed E-state index contributed by atoms with van der Waals surface area (Å²) in [6, 6.07) is 9.69. The van der Waals surface area contributed by atoms with Gasteiger partial charge in [-0.3, -0.25) is 4.79 Å². The topological polar surface area (TPSA) is 71.5 Å². The molecule has 6 nitrogen and oxygen atoms in total. The van der Waals surface area contributed by atoms with Crippen molar-refractivity contribution in [2.24, 2.45) is 0 Å². The molecular formula is C23H26F3N3O3. The summed E-state index contributed by atoms with van der Waals surface area (Å²) in [5.74, 6) is 0.994. The number of benzene rings is 1. The van der Waals surface area contributed by atoms with Crippen molar-refractivity contribution >= 4 is 17.5 Å². The van der Waals surface area contributed by atoms with Gasteiger partial charge in [-0.15, -0.1) is 0 Å². The molecule has 3 rings (SSSR count). The lowest BCUT2D eigenvalue weighted by atomic mass is 10.0. The van der Waals surface area contributed by atoms with E-state index in [0.29, 0.717) is 50.3 Å². The second kappa shape index (κ2) is 10.5. The molecule has 1 aromatic heterocycles. The number of amides is 1. The molecule has 1 N–H and O–H groups in total. The normalized spacial score (nSPS) is 14.8. The number of nitrogens with zero attached hydrogens (tertiary/aromatic N) is 2. The standard InChI is InChI=1S/C23H26F3N3O3/c1-16(30)2-3-17-4-7-20(8-5-17)32-15-22(31)28-19-10-12-29(13-11-19)21-9-6-18(14-27-21)23(24,25)26/h4-9,14,19H,2-3,10-13,15H2,1H3,(H,28,31). The maximum atomic E-state index is 12.7. The van der Waals surface area contributed by atoms with Crippen LogP contribution in [0.25, 0.3) is 0 Å². The number of hydrogen-bond donors (Lipinski definition) is 1. The fourth-order valence-corrected chi connectivity index (χ4v) is 3.48. The Hall–Kier alpha value is -3.10. The number of Topliss-reactive ketones (excluding diaryl/α,β-unsaturated/α-hetero) is 1. The Morgan fingerprint density at radius 1 is 1.12 bits per heavy atom. The molecule has 0 spiro atoms. The number of aromatic nitrogens is 1. The first kappa shape index (κ1) is 23.6. The number of hydrogen-bond acceptors (Lipinski definition) is 5. The minimum absolute atomic E-state index is 0.0224. The fraction of sp³-hybridized carbons (Fsp3) is 0.435. The highest BCUT2D eigenvalue weighted by Gasteiger charge is 2.31. The third-order valence-electron chi connectivity index (χ3n) is 5.32. The summed E-state index contributed by atoms with van der Waals surface area (Å²) < 4.78 is 43.5. The summed E-state index contributed by atoms with van der Waals surface area (Å²) in [5, 5.41) is 2.94. The quantitative estimate of drug-likeness (QED) is 0.664. The van der Waals surface area contributed by atoms with Crippen LogP contribution in [0.15, 0.2) is 42.6 Å². The molecule has 1 aromatic carbocycles. The fourth-order valence-electron chi connectivity index (χ4n) is 3.48. The van der Waals surface area contributed by atoms with E-state index in [-0.39, 0.29) is 24.3 Å². The van der Waals surface area contributed by atoms with Crippen molar-refractivity contribution in [1.29, 1.82) is 0 Å². The first-order valence-corrected chi connectivity index (χ1v) is 10.5. The summed E-state index contributed by atoms with van der Waals surface area (Å²) in [4.78, 5) is 29.1. The lowest BCUT2D eigenvalue weighted by Crippen LogP contribution is -2.46. The van der Waals surface area contributed by atoms with Crippen LogP contribution in [0.5, 0.6) is 5.75 Å². The van der Waals surface area contributed by atoms with Gasteiger partial charge in [0.15, 0.2) is 6.61 Å². The molecule has 0 saturated carbocycles. The Kier molecular flexibility index (Phi) is 7.71. The van der Waals surface area contributed by atoms with E-state index in [1.807, 2.05) is 17.0 Å². The Labute approximate surface area is 184 Å². The molecule has 0 unspecified atom stereocenters. The van der Waals surface area contributed by atoms with Gasteiger partial charge in [0, 0.05) is 31.7 Å². The van der Waals surface area contributed by atoms with Gasteiger partial charge < -0.3 is 19.7 Å². The molecule has 172 valence electrons. The molecule has 0 aliphatic carbocycles. The first-order chi connectivity index (χ1) is 15.2. The summed E-state index contributed by atoms with van der Waals surface area (Å²) in [7, 11) is 0. The van der Waals surface area contributed by atoms with E-state index in [1.165, 1.54) is 6.07 Å². The summed E-state index contributed by atoms with van der Waals surface area (Å²) in [5.41, 5.74) is 0.264. The number of carbonyl (C=O) groups excluding carboxylic acids is 2. The van der Waals surface area contributed by atoms with Gasteiger partial charge in [-0.1, -0.05) is 12.1 Å². The summed E-state index contributed by atoms with van der Waals surface area (Å²) in [6.45, 7) is 2.64. The van der Waals surface area contributed by atoms with E-state index in [0.717, 1.165) is 17.8 Å². The van der Waals surface area contributed by atoms with E-state index in [9.17, 15) is 22.8 Å². The second-order valence-corrected chi connectivity index (χ2v) is 7.87. The van der Waals surface area contributed by atoms with Gasteiger partial charge in [-0.25, -0.2) is 4.98 Å². The number of halogens is 3. The minimum atomic E-state index is -4.40. The van der Waals surface area contributed by atoms with Crippen molar-refractivity contribution in [2.45, 2.75) is 44.8 Å². The predicted octanol–water partition coefficient (Wildman–Crippen LogP) is 3.79. The van der Waals surface area contributed by atoms with Crippen molar-refractivity contribution in [3.05, 3.63) is 53.7 Å². The number of pyridine rings is 1. The predicted molar refractivity (Wildman–Crippen MR) is 114 cm³/mol. The molecule has 1 amide bonds. The Bertz CT molecular complexity index is 907. The number of aryl methyl sites for hydroxylation is 1. The van der Waals surface area contributed by atoms with Crippen LogP contribution in [0.3, 0.4) is 0 Å². The van der Waals surface area contributed by atoms with Crippen LogP contribution in [0.1, 0.15) is 37.3 Å². The molecule has 1 aliphatic heterocycles. The zero-order chi connectivity index (χ0) is 23.1. The average molecular weight is 449 g/mol. The summed E-state index contributed by atoms with van der Waals surface area (Å²) in [6.07, 6.45) is -1.05. The van der Waals surface area contributed by atoms with Gasteiger partial charge in [-0.05, 0) is 56.0 Å². The van der Waals surface area contributed by atoms with Crippen LogP contribution in [0.4, 0.5) is 19.0 Å². The number of ketones is 1. The third-order valence-corrected chi connectivity index (χ3v) is 5.32. The monoisotopic (exact) mass is 449 g/mol. The average Bonchev–Trinajstić information content (AvgIpc) is 2.77. The molecule has 1 aliphatic rings. The van der Waals surface area contributed by atoms with E-state index in [4.69, 9.17) is 4.74 Å². The third kappa shape index (κ3) is 6.96. The number of piperidine rings is 1. The highest BCUT2D eigenvalue weighted by molar-refractivity contribution is 5.78. The largest absolute Gasteiger partial charge is 0.484 e. The molecule has 1 saturated heterocycles. The number of carbonyl (C=O) groups is 2. The lowest BCUT2D eigenvalue weighted by Gasteiger charge is -2.33.